The standard InChI is InChI=1S/C19H32N4O2S.HI/c1-5-20-18(22-14-17(24)25-19(2,3)4)21-13-15(16-9-8-12-26-16)23-10-6-7-11-23;/h8-9,12,15H,5-7,10-11,13-14H2,1-4H3,(H2,20,21,22);1H. The minimum absolute atomic E-state index is 0. The molecule has 1 aliphatic rings. The maximum absolute atomic E-state index is 11.9. The van der Waals surface area contributed by atoms with Crippen molar-refractivity contribution in [1.82, 2.24) is 15.5 Å². The van der Waals surface area contributed by atoms with Crippen LogP contribution in [0.5, 0.6) is 0 Å². The molecule has 8 heteroatoms. The minimum Gasteiger partial charge on any atom is -0.459 e. The topological polar surface area (TPSA) is 66.0 Å². The van der Waals surface area contributed by atoms with Gasteiger partial charge >= 0.3 is 5.97 Å². The number of thiophene rings is 1. The van der Waals surface area contributed by atoms with Crippen molar-refractivity contribution >= 4 is 47.2 Å². The lowest BCUT2D eigenvalue weighted by molar-refractivity contribution is -0.152. The summed E-state index contributed by atoms with van der Waals surface area (Å²) in [5.74, 6) is 0.336. The molecule has 0 saturated carbocycles. The molecule has 2 heterocycles. The predicted octanol–water partition coefficient (Wildman–Crippen LogP) is 3.40. The number of esters is 1. The molecule has 0 aromatic carbocycles. The molecule has 1 unspecified atom stereocenters. The van der Waals surface area contributed by atoms with Crippen molar-refractivity contribution in [1.29, 1.82) is 0 Å². The molecule has 2 N–H and O–H groups in total. The molecule has 1 aromatic heterocycles. The Labute approximate surface area is 184 Å². The maximum atomic E-state index is 11.9. The zero-order valence-electron chi connectivity index (χ0n) is 16.8. The van der Waals surface area contributed by atoms with Gasteiger partial charge < -0.3 is 15.4 Å². The Bertz CT molecular complexity index is 581. The number of nitrogens with one attached hydrogen (secondary N) is 2. The lowest BCUT2D eigenvalue weighted by Crippen LogP contribution is -2.43. The van der Waals surface area contributed by atoms with E-state index in [1.165, 1.54) is 17.7 Å². The van der Waals surface area contributed by atoms with Gasteiger partial charge in [-0.15, -0.1) is 35.3 Å². The van der Waals surface area contributed by atoms with E-state index in [-0.39, 0.29) is 36.5 Å². The number of hydrogen-bond acceptors (Lipinski definition) is 5. The fraction of sp³-hybridized carbons (Fsp3) is 0.684. The number of carbonyl (C=O) groups is 1. The molecule has 154 valence electrons. The highest BCUT2D eigenvalue weighted by atomic mass is 127. The summed E-state index contributed by atoms with van der Waals surface area (Å²) >= 11 is 1.79. The highest BCUT2D eigenvalue weighted by molar-refractivity contribution is 14.0. The van der Waals surface area contributed by atoms with Gasteiger partial charge in [0.2, 0.25) is 0 Å². The van der Waals surface area contributed by atoms with Crippen LogP contribution in [0.25, 0.3) is 0 Å². The van der Waals surface area contributed by atoms with E-state index in [1.807, 2.05) is 27.7 Å². The second-order valence-electron chi connectivity index (χ2n) is 7.44. The molecule has 1 saturated heterocycles. The van der Waals surface area contributed by atoms with Gasteiger partial charge in [0.1, 0.15) is 12.1 Å². The fourth-order valence-corrected chi connectivity index (χ4v) is 3.86. The van der Waals surface area contributed by atoms with E-state index in [9.17, 15) is 4.79 Å². The third kappa shape index (κ3) is 8.78. The average Bonchev–Trinajstić information content (AvgIpc) is 3.25. The first-order chi connectivity index (χ1) is 12.4. The number of halogens is 1. The normalized spacial score (nSPS) is 16.5. The fourth-order valence-electron chi connectivity index (χ4n) is 3.00. The van der Waals surface area contributed by atoms with Crippen molar-refractivity contribution in [3.63, 3.8) is 0 Å². The van der Waals surface area contributed by atoms with Gasteiger partial charge in [-0.2, -0.15) is 0 Å². The van der Waals surface area contributed by atoms with Crippen LogP contribution in [-0.2, 0) is 9.53 Å². The number of likely N-dealkylation sites (tertiary alicyclic amines) is 1. The van der Waals surface area contributed by atoms with Crippen molar-refractivity contribution in [2.45, 2.75) is 52.2 Å². The molecule has 1 atom stereocenters. The van der Waals surface area contributed by atoms with Crippen LogP contribution < -0.4 is 10.6 Å². The summed E-state index contributed by atoms with van der Waals surface area (Å²) in [7, 11) is 0. The van der Waals surface area contributed by atoms with E-state index in [2.05, 4.69) is 38.0 Å². The van der Waals surface area contributed by atoms with E-state index in [0.29, 0.717) is 12.0 Å². The van der Waals surface area contributed by atoms with Crippen LogP contribution in [0.3, 0.4) is 0 Å². The number of aliphatic imine (C=N–C) groups is 1. The van der Waals surface area contributed by atoms with Gasteiger partial charge in [0.05, 0.1) is 6.04 Å². The molecular weight excluding hydrogens is 475 g/mol. The molecular formula is C19H33IN4O2S. The predicted molar refractivity (Wildman–Crippen MR) is 123 cm³/mol. The largest absolute Gasteiger partial charge is 0.459 e. The van der Waals surface area contributed by atoms with Gasteiger partial charge in [0.15, 0.2) is 5.96 Å². The summed E-state index contributed by atoms with van der Waals surface area (Å²) in [4.78, 5) is 20.2. The number of hydrogen-bond donors (Lipinski definition) is 2. The zero-order valence-corrected chi connectivity index (χ0v) is 19.9. The van der Waals surface area contributed by atoms with Gasteiger partial charge in [-0.05, 0) is 65.1 Å². The Morgan fingerprint density at radius 1 is 1.33 bits per heavy atom. The molecule has 2 rings (SSSR count). The molecule has 1 aromatic rings. The third-order valence-corrected chi connectivity index (χ3v) is 5.02. The van der Waals surface area contributed by atoms with Gasteiger partial charge in [0, 0.05) is 18.0 Å². The Morgan fingerprint density at radius 3 is 2.59 bits per heavy atom. The summed E-state index contributed by atoms with van der Waals surface area (Å²) in [5, 5.41) is 8.73. The van der Waals surface area contributed by atoms with Crippen LogP contribution in [0, 0.1) is 0 Å². The second-order valence-corrected chi connectivity index (χ2v) is 8.42. The van der Waals surface area contributed by atoms with E-state index >= 15 is 0 Å². The summed E-state index contributed by atoms with van der Waals surface area (Å²) in [6.07, 6.45) is 2.52. The number of nitrogens with zero attached hydrogens (tertiary/aromatic N) is 2. The minimum atomic E-state index is -0.488. The zero-order chi connectivity index (χ0) is 19.0. The summed E-state index contributed by atoms with van der Waals surface area (Å²) in [6, 6.07) is 4.63. The highest BCUT2D eigenvalue weighted by Gasteiger charge is 2.24. The lowest BCUT2D eigenvalue weighted by atomic mass is 10.2. The quantitative estimate of drug-likeness (QED) is 0.256. The Morgan fingerprint density at radius 2 is 2.04 bits per heavy atom. The Hall–Kier alpha value is -0.870. The molecule has 0 aliphatic carbocycles. The van der Waals surface area contributed by atoms with E-state index in [4.69, 9.17) is 4.74 Å². The van der Waals surface area contributed by atoms with E-state index < -0.39 is 5.60 Å². The van der Waals surface area contributed by atoms with Crippen molar-refractivity contribution in [2.75, 3.05) is 32.7 Å². The van der Waals surface area contributed by atoms with Gasteiger partial charge in [0.25, 0.3) is 0 Å². The van der Waals surface area contributed by atoms with Crippen molar-refractivity contribution < 1.29 is 9.53 Å². The van der Waals surface area contributed by atoms with Crippen molar-refractivity contribution in [2.24, 2.45) is 4.99 Å². The summed E-state index contributed by atoms with van der Waals surface area (Å²) < 4.78 is 5.32. The van der Waals surface area contributed by atoms with Crippen LogP contribution in [-0.4, -0.2) is 55.2 Å². The van der Waals surface area contributed by atoms with Gasteiger partial charge in [-0.1, -0.05) is 6.07 Å². The highest BCUT2D eigenvalue weighted by Crippen LogP contribution is 2.27. The number of ether oxygens (including phenoxy) is 1. The molecule has 0 radical (unpaired) electrons. The molecule has 6 nitrogen and oxygen atoms in total. The molecule has 1 aliphatic heterocycles. The Balaban J connectivity index is 0.00000364. The average molecular weight is 508 g/mol. The number of carbonyl (C=O) groups excluding carboxylic acids is 1. The van der Waals surface area contributed by atoms with E-state index in [0.717, 1.165) is 26.2 Å². The van der Waals surface area contributed by atoms with Gasteiger partial charge in [-0.3, -0.25) is 9.69 Å². The lowest BCUT2D eigenvalue weighted by Gasteiger charge is -2.27. The Kier molecular flexibility index (Phi) is 10.6. The summed E-state index contributed by atoms with van der Waals surface area (Å²) in [5.41, 5.74) is -0.488. The van der Waals surface area contributed by atoms with Crippen molar-refractivity contribution in [3.8, 4) is 0 Å². The number of guanidine groups is 1. The molecule has 27 heavy (non-hydrogen) atoms. The number of rotatable bonds is 7. The summed E-state index contributed by atoms with van der Waals surface area (Å²) in [6.45, 7) is 11.4. The molecule has 0 spiro atoms. The van der Waals surface area contributed by atoms with Crippen LogP contribution in [0.4, 0.5) is 0 Å². The molecule has 1 fully saturated rings. The first-order valence-electron chi connectivity index (χ1n) is 9.40. The van der Waals surface area contributed by atoms with Crippen LogP contribution in [0.1, 0.15) is 51.5 Å². The maximum Gasteiger partial charge on any atom is 0.328 e. The first-order valence-corrected chi connectivity index (χ1v) is 10.3. The monoisotopic (exact) mass is 508 g/mol. The molecule has 0 amide bonds. The van der Waals surface area contributed by atoms with Crippen LogP contribution >= 0.6 is 35.3 Å². The molecule has 0 bridgehead atoms. The van der Waals surface area contributed by atoms with E-state index in [1.54, 1.807) is 11.3 Å². The van der Waals surface area contributed by atoms with Crippen molar-refractivity contribution in [3.05, 3.63) is 22.4 Å². The second kappa shape index (κ2) is 11.9. The third-order valence-electron chi connectivity index (χ3n) is 4.05. The SMILES string of the molecule is CCNC(=NCC(=O)OC(C)(C)C)NCC(c1cccs1)N1CCCC1.I. The van der Waals surface area contributed by atoms with Crippen LogP contribution in [0.15, 0.2) is 22.5 Å². The first kappa shape index (κ1) is 24.2. The van der Waals surface area contributed by atoms with Gasteiger partial charge in [-0.25, -0.2) is 4.99 Å². The van der Waals surface area contributed by atoms with Crippen LogP contribution in [0.2, 0.25) is 0 Å². The smallest absolute Gasteiger partial charge is 0.328 e.